The van der Waals surface area contributed by atoms with Crippen molar-refractivity contribution in [1.82, 2.24) is 10.2 Å². The summed E-state index contributed by atoms with van der Waals surface area (Å²) in [5.41, 5.74) is 1.07. The number of unbranched alkanes of at least 4 members (excludes halogenated alkanes) is 1. The lowest BCUT2D eigenvalue weighted by molar-refractivity contribution is 0.470. The van der Waals surface area contributed by atoms with Crippen molar-refractivity contribution in [2.45, 2.75) is 19.4 Å². The predicted molar refractivity (Wildman–Crippen MR) is 99.1 cm³/mol. The van der Waals surface area contributed by atoms with Crippen molar-refractivity contribution in [3.63, 3.8) is 0 Å². The van der Waals surface area contributed by atoms with Crippen LogP contribution in [0.25, 0.3) is 0 Å². The first-order chi connectivity index (χ1) is 9.19. The van der Waals surface area contributed by atoms with Gasteiger partial charge in [-0.05, 0) is 24.5 Å². The fourth-order valence-corrected chi connectivity index (χ4v) is 1.98. The van der Waals surface area contributed by atoms with E-state index in [-0.39, 0.29) is 24.0 Å². The molecule has 0 fully saturated rings. The number of allylic oxidation sites excluding steroid dienone is 1. The summed E-state index contributed by atoms with van der Waals surface area (Å²) in [6.45, 7) is 5.36. The normalized spacial score (nSPS) is 10.7. The van der Waals surface area contributed by atoms with E-state index in [2.05, 4.69) is 21.8 Å². The molecular weight excluding hydrogens is 385 g/mol. The van der Waals surface area contributed by atoms with Crippen molar-refractivity contribution in [1.29, 1.82) is 0 Å². The van der Waals surface area contributed by atoms with E-state index in [1.54, 1.807) is 7.05 Å². The zero-order valence-corrected chi connectivity index (χ0v) is 15.2. The SMILES string of the molecule is C=CCCCN(C)C(=NC)NCc1ccccc1Cl.I. The molecule has 0 unspecified atom stereocenters. The Hall–Kier alpha value is -0.750. The summed E-state index contributed by atoms with van der Waals surface area (Å²) < 4.78 is 0. The molecule has 3 nitrogen and oxygen atoms in total. The molecule has 0 aliphatic carbocycles. The standard InChI is InChI=1S/C15H22ClN3.HI/c1-4-5-8-11-19(3)15(17-2)18-12-13-9-6-7-10-14(13)16;/h4,6-7,9-10H,1,5,8,11-12H2,2-3H3,(H,17,18);1H. The van der Waals surface area contributed by atoms with E-state index in [1.165, 1.54) is 0 Å². The van der Waals surface area contributed by atoms with Gasteiger partial charge in [-0.1, -0.05) is 35.9 Å². The van der Waals surface area contributed by atoms with Gasteiger partial charge in [0, 0.05) is 32.2 Å². The summed E-state index contributed by atoms with van der Waals surface area (Å²) in [5.74, 6) is 0.879. The van der Waals surface area contributed by atoms with Crippen LogP contribution in [0.2, 0.25) is 5.02 Å². The van der Waals surface area contributed by atoms with Crippen LogP contribution < -0.4 is 5.32 Å². The zero-order valence-electron chi connectivity index (χ0n) is 12.1. The van der Waals surface area contributed by atoms with Crippen LogP contribution in [0.15, 0.2) is 41.9 Å². The Morgan fingerprint density at radius 1 is 1.45 bits per heavy atom. The summed E-state index contributed by atoms with van der Waals surface area (Å²) in [6, 6.07) is 7.83. The highest BCUT2D eigenvalue weighted by atomic mass is 127. The highest BCUT2D eigenvalue weighted by molar-refractivity contribution is 14.0. The molecule has 20 heavy (non-hydrogen) atoms. The highest BCUT2D eigenvalue weighted by Gasteiger charge is 2.06. The summed E-state index contributed by atoms with van der Waals surface area (Å²) in [5, 5.41) is 4.10. The van der Waals surface area contributed by atoms with Crippen LogP contribution in [0, 0.1) is 0 Å². The minimum atomic E-state index is 0. The van der Waals surface area contributed by atoms with Crippen LogP contribution >= 0.6 is 35.6 Å². The van der Waals surface area contributed by atoms with Gasteiger partial charge >= 0.3 is 0 Å². The van der Waals surface area contributed by atoms with Crippen LogP contribution in [0.4, 0.5) is 0 Å². The lowest BCUT2D eigenvalue weighted by Gasteiger charge is -2.22. The molecule has 1 N–H and O–H groups in total. The number of benzene rings is 1. The number of aliphatic imine (C=N–C) groups is 1. The van der Waals surface area contributed by atoms with Gasteiger partial charge in [0.05, 0.1) is 0 Å². The van der Waals surface area contributed by atoms with Crippen LogP contribution in [0.5, 0.6) is 0 Å². The molecule has 1 aromatic rings. The second-order valence-corrected chi connectivity index (χ2v) is 4.75. The van der Waals surface area contributed by atoms with Crippen molar-refractivity contribution < 1.29 is 0 Å². The summed E-state index contributed by atoms with van der Waals surface area (Å²) in [6.07, 6.45) is 4.03. The molecular formula is C15H23ClIN3. The quantitative estimate of drug-likeness (QED) is 0.254. The van der Waals surface area contributed by atoms with Crippen molar-refractivity contribution in [3.05, 3.63) is 47.5 Å². The van der Waals surface area contributed by atoms with E-state index < -0.39 is 0 Å². The maximum absolute atomic E-state index is 6.13. The molecule has 0 saturated heterocycles. The van der Waals surface area contributed by atoms with Crippen LogP contribution in [-0.2, 0) is 6.54 Å². The summed E-state index contributed by atoms with van der Waals surface area (Å²) >= 11 is 6.13. The minimum Gasteiger partial charge on any atom is -0.352 e. The average Bonchev–Trinajstić information content (AvgIpc) is 2.41. The number of halogens is 2. The Kier molecular flexibility index (Phi) is 10.6. The fraction of sp³-hybridized carbons (Fsp3) is 0.400. The third-order valence-electron chi connectivity index (χ3n) is 2.87. The third-order valence-corrected chi connectivity index (χ3v) is 3.24. The number of guanidine groups is 1. The second kappa shape index (κ2) is 11.0. The van der Waals surface area contributed by atoms with Gasteiger partial charge in [0.2, 0.25) is 0 Å². The molecule has 1 rings (SSSR count). The number of hydrogen-bond acceptors (Lipinski definition) is 1. The second-order valence-electron chi connectivity index (χ2n) is 4.34. The van der Waals surface area contributed by atoms with E-state index in [0.29, 0.717) is 6.54 Å². The zero-order chi connectivity index (χ0) is 14.1. The van der Waals surface area contributed by atoms with Crippen LogP contribution in [0.3, 0.4) is 0 Å². The molecule has 0 aromatic heterocycles. The molecule has 0 atom stereocenters. The van der Waals surface area contributed by atoms with Gasteiger partial charge in [0.25, 0.3) is 0 Å². The maximum atomic E-state index is 6.13. The van der Waals surface area contributed by atoms with Gasteiger partial charge < -0.3 is 10.2 Å². The number of nitrogens with zero attached hydrogens (tertiary/aromatic N) is 2. The molecule has 0 saturated carbocycles. The first-order valence-corrected chi connectivity index (χ1v) is 6.83. The fourth-order valence-electron chi connectivity index (χ4n) is 1.78. The molecule has 5 heteroatoms. The molecule has 0 aliphatic rings. The molecule has 0 bridgehead atoms. The summed E-state index contributed by atoms with van der Waals surface area (Å²) in [4.78, 5) is 6.39. The number of rotatable bonds is 6. The lowest BCUT2D eigenvalue weighted by Crippen LogP contribution is -2.39. The largest absolute Gasteiger partial charge is 0.352 e. The van der Waals surface area contributed by atoms with Crippen LogP contribution in [-0.4, -0.2) is 31.5 Å². The van der Waals surface area contributed by atoms with E-state index in [0.717, 1.165) is 35.9 Å². The molecule has 0 amide bonds. The molecule has 0 radical (unpaired) electrons. The van der Waals surface area contributed by atoms with Crippen LogP contribution in [0.1, 0.15) is 18.4 Å². The van der Waals surface area contributed by atoms with Gasteiger partial charge in [-0.25, -0.2) is 0 Å². The van der Waals surface area contributed by atoms with Gasteiger partial charge in [-0.3, -0.25) is 4.99 Å². The molecule has 0 aliphatic heterocycles. The first-order valence-electron chi connectivity index (χ1n) is 6.45. The molecule has 112 valence electrons. The smallest absolute Gasteiger partial charge is 0.193 e. The maximum Gasteiger partial charge on any atom is 0.193 e. The molecule has 1 aromatic carbocycles. The average molecular weight is 408 g/mol. The minimum absolute atomic E-state index is 0. The van der Waals surface area contributed by atoms with E-state index >= 15 is 0 Å². The number of nitrogens with one attached hydrogen (secondary N) is 1. The van der Waals surface area contributed by atoms with E-state index in [4.69, 9.17) is 11.6 Å². The first kappa shape index (κ1) is 19.2. The Morgan fingerprint density at radius 3 is 2.75 bits per heavy atom. The van der Waals surface area contributed by atoms with Gasteiger partial charge in [0.1, 0.15) is 0 Å². The van der Waals surface area contributed by atoms with Crippen molar-refractivity contribution in [2.24, 2.45) is 4.99 Å². The predicted octanol–water partition coefficient (Wildman–Crippen LogP) is 3.93. The molecule has 0 spiro atoms. The van der Waals surface area contributed by atoms with Gasteiger partial charge in [-0.15, -0.1) is 30.6 Å². The molecule has 0 heterocycles. The van der Waals surface area contributed by atoms with E-state index in [9.17, 15) is 0 Å². The Bertz CT molecular complexity index is 435. The third kappa shape index (κ3) is 6.61. The van der Waals surface area contributed by atoms with Gasteiger partial charge in [0.15, 0.2) is 5.96 Å². The Balaban J connectivity index is 0.00000361. The topological polar surface area (TPSA) is 27.6 Å². The van der Waals surface area contributed by atoms with Crippen molar-refractivity contribution in [3.8, 4) is 0 Å². The van der Waals surface area contributed by atoms with Gasteiger partial charge in [-0.2, -0.15) is 0 Å². The van der Waals surface area contributed by atoms with Crippen molar-refractivity contribution >= 4 is 41.5 Å². The highest BCUT2D eigenvalue weighted by Crippen LogP contribution is 2.14. The Morgan fingerprint density at radius 2 is 2.15 bits per heavy atom. The lowest BCUT2D eigenvalue weighted by atomic mass is 10.2. The Labute approximate surface area is 144 Å². The van der Waals surface area contributed by atoms with E-state index in [1.807, 2.05) is 37.4 Å². The number of hydrogen-bond donors (Lipinski definition) is 1. The monoisotopic (exact) mass is 407 g/mol. The summed E-state index contributed by atoms with van der Waals surface area (Å²) in [7, 11) is 3.82. The van der Waals surface area contributed by atoms with Crippen molar-refractivity contribution in [2.75, 3.05) is 20.6 Å².